The summed E-state index contributed by atoms with van der Waals surface area (Å²) >= 11 is 0. The summed E-state index contributed by atoms with van der Waals surface area (Å²) < 4.78 is 0. The van der Waals surface area contributed by atoms with Gasteiger partial charge in [-0.2, -0.15) is 0 Å². The van der Waals surface area contributed by atoms with Gasteiger partial charge in [-0.15, -0.1) is 0 Å². The molecule has 0 amide bonds. The van der Waals surface area contributed by atoms with E-state index < -0.39 is 0 Å². The molecule has 0 bridgehead atoms. The lowest BCUT2D eigenvalue weighted by molar-refractivity contribution is 0.0364. The lowest BCUT2D eigenvalue weighted by Gasteiger charge is -2.51. The zero-order valence-electron chi connectivity index (χ0n) is 31.3. The molecule has 0 aliphatic heterocycles. The highest BCUT2D eigenvalue weighted by Gasteiger charge is 2.48. The van der Waals surface area contributed by atoms with E-state index in [1.54, 1.807) is 48.5 Å². The highest BCUT2D eigenvalue weighted by molar-refractivity contribution is 5.45. The zero-order valence-corrected chi connectivity index (χ0v) is 31.3. The fraction of sp³-hybridized carbons (Fsp3) is 0.467. The average molecular weight is 667 g/mol. The molecule has 49 heavy (non-hydrogen) atoms. The quantitative estimate of drug-likeness (QED) is 0.165. The van der Waals surface area contributed by atoms with Gasteiger partial charge in [0.2, 0.25) is 0 Å². The number of aromatic hydroxyl groups is 4. The summed E-state index contributed by atoms with van der Waals surface area (Å²) in [5.41, 5.74) is 4.86. The SMILES string of the molecule is CC.CC.CC.CC(C)(C1CCC(c2ccc(O)cc2)(c2ccc(O)cc2)CC1)C1CCC(c2ccc(O)cc2)(c2ccc(O)cc2)CC1. The van der Waals surface area contributed by atoms with Gasteiger partial charge in [0, 0.05) is 10.8 Å². The first kappa shape index (κ1) is 39.5. The van der Waals surface area contributed by atoms with Gasteiger partial charge in [0.25, 0.3) is 0 Å². The molecule has 266 valence electrons. The van der Waals surface area contributed by atoms with Crippen LogP contribution in [0.3, 0.4) is 0 Å². The van der Waals surface area contributed by atoms with Crippen molar-refractivity contribution >= 4 is 0 Å². The summed E-state index contributed by atoms with van der Waals surface area (Å²) in [4.78, 5) is 0. The number of hydrogen-bond acceptors (Lipinski definition) is 4. The van der Waals surface area contributed by atoms with Crippen molar-refractivity contribution in [3.63, 3.8) is 0 Å². The van der Waals surface area contributed by atoms with Gasteiger partial charge < -0.3 is 20.4 Å². The van der Waals surface area contributed by atoms with Gasteiger partial charge >= 0.3 is 0 Å². The van der Waals surface area contributed by atoms with Crippen LogP contribution in [-0.4, -0.2) is 20.4 Å². The van der Waals surface area contributed by atoms with E-state index >= 15 is 0 Å². The van der Waals surface area contributed by atoms with E-state index in [9.17, 15) is 20.4 Å². The van der Waals surface area contributed by atoms with Gasteiger partial charge in [-0.05, 0) is 139 Å². The molecule has 2 fully saturated rings. The van der Waals surface area contributed by atoms with Crippen molar-refractivity contribution in [2.45, 2.75) is 118 Å². The fourth-order valence-corrected chi connectivity index (χ4v) is 8.65. The third-order valence-corrected chi connectivity index (χ3v) is 11.5. The Labute approximate surface area is 296 Å². The van der Waals surface area contributed by atoms with E-state index in [2.05, 4.69) is 62.4 Å². The minimum absolute atomic E-state index is 0.132. The monoisotopic (exact) mass is 666 g/mol. The first-order valence-electron chi connectivity index (χ1n) is 18.8. The first-order valence-corrected chi connectivity index (χ1v) is 18.8. The van der Waals surface area contributed by atoms with E-state index in [4.69, 9.17) is 0 Å². The Morgan fingerprint density at radius 3 is 0.755 bits per heavy atom. The maximum absolute atomic E-state index is 9.99. The van der Waals surface area contributed by atoms with Gasteiger partial charge in [-0.1, -0.05) is 104 Å². The molecule has 0 saturated heterocycles. The van der Waals surface area contributed by atoms with Crippen molar-refractivity contribution in [3.05, 3.63) is 119 Å². The topological polar surface area (TPSA) is 80.9 Å². The molecule has 0 unspecified atom stereocenters. The highest BCUT2D eigenvalue weighted by atomic mass is 16.3. The van der Waals surface area contributed by atoms with Crippen LogP contribution in [0, 0.1) is 17.3 Å². The Hall–Kier alpha value is -3.92. The van der Waals surface area contributed by atoms with Crippen LogP contribution in [0.5, 0.6) is 23.0 Å². The molecule has 2 saturated carbocycles. The number of hydrogen-bond donors (Lipinski definition) is 4. The molecule has 2 aliphatic rings. The average Bonchev–Trinajstić information content (AvgIpc) is 3.15. The van der Waals surface area contributed by atoms with E-state index in [1.165, 1.54) is 22.3 Å². The van der Waals surface area contributed by atoms with Gasteiger partial charge in [0.05, 0.1) is 0 Å². The molecule has 4 aromatic rings. The van der Waals surface area contributed by atoms with E-state index in [-0.39, 0.29) is 39.2 Å². The van der Waals surface area contributed by atoms with Gasteiger partial charge in [0.15, 0.2) is 0 Å². The lowest BCUT2D eigenvalue weighted by Crippen LogP contribution is -2.43. The van der Waals surface area contributed by atoms with Crippen molar-refractivity contribution in [3.8, 4) is 23.0 Å². The number of phenols is 4. The summed E-state index contributed by atoms with van der Waals surface area (Å²) in [7, 11) is 0. The van der Waals surface area contributed by atoms with Gasteiger partial charge in [-0.25, -0.2) is 0 Å². The smallest absolute Gasteiger partial charge is 0.115 e. The van der Waals surface area contributed by atoms with Crippen LogP contribution in [0.2, 0.25) is 0 Å². The Morgan fingerprint density at radius 1 is 0.388 bits per heavy atom. The summed E-state index contributed by atoms with van der Waals surface area (Å²) in [6.45, 7) is 17.0. The van der Waals surface area contributed by atoms with Gasteiger partial charge in [-0.3, -0.25) is 0 Å². The molecule has 0 radical (unpaired) electrons. The van der Waals surface area contributed by atoms with E-state index in [1.807, 2.05) is 41.5 Å². The number of phenolic OH excluding ortho intramolecular Hbond substituents is 4. The number of benzene rings is 4. The maximum atomic E-state index is 9.99. The summed E-state index contributed by atoms with van der Waals surface area (Å²) in [5.74, 6) is 2.35. The highest BCUT2D eigenvalue weighted by Crippen LogP contribution is 2.57. The molecule has 6 rings (SSSR count). The van der Waals surface area contributed by atoms with Crippen LogP contribution >= 0.6 is 0 Å². The molecule has 0 spiro atoms. The second-order valence-electron chi connectivity index (χ2n) is 13.7. The zero-order chi connectivity index (χ0) is 36.2. The van der Waals surface area contributed by atoms with Crippen LogP contribution in [0.15, 0.2) is 97.1 Å². The molecule has 4 heteroatoms. The standard InChI is InChI=1S/C39H44O4.3C2H6/c1-37(2,27-19-23-38(24-20-27,29-3-11-33(40)12-4-29)30-5-13-34(41)14-6-30)28-21-25-39(26-22-28,31-7-15-35(42)16-8-31)32-9-17-36(43)18-10-32;3*1-2/h3-18,27-28,40-43H,19-26H2,1-2H3;3*1-2H3. The molecule has 0 atom stereocenters. The third kappa shape index (κ3) is 8.46. The summed E-state index contributed by atoms with van der Waals surface area (Å²) in [5, 5.41) is 40.0. The third-order valence-electron chi connectivity index (χ3n) is 11.5. The molecular formula is C45H62O4. The van der Waals surface area contributed by atoms with Crippen LogP contribution in [0.1, 0.15) is 129 Å². The largest absolute Gasteiger partial charge is 0.508 e. The Bertz CT molecular complexity index is 1290. The molecule has 4 aromatic carbocycles. The minimum atomic E-state index is -0.132. The van der Waals surface area contributed by atoms with Crippen LogP contribution in [0.4, 0.5) is 0 Å². The summed E-state index contributed by atoms with van der Waals surface area (Å²) in [6.07, 6.45) is 8.67. The minimum Gasteiger partial charge on any atom is -0.508 e. The molecule has 0 heterocycles. The Kier molecular flexibility index (Phi) is 14.2. The van der Waals surface area contributed by atoms with Gasteiger partial charge in [0.1, 0.15) is 23.0 Å². The maximum Gasteiger partial charge on any atom is 0.115 e. The fourth-order valence-electron chi connectivity index (χ4n) is 8.65. The number of rotatable bonds is 6. The Balaban J connectivity index is 0.00000103. The molecule has 2 aliphatic carbocycles. The second kappa shape index (κ2) is 17.7. The molecule has 4 nitrogen and oxygen atoms in total. The molecular weight excluding hydrogens is 604 g/mol. The summed E-state index contributed by atoms with van der Waals surface area (Å²) in [6, 6.07) is 30.9. The van der Waals surface area contributed by atoms with Crippen LogP contribution in [0.25, 0.3) is 0 Å². The van der Waals surface area contributed by atoms with Crippen LogP contribution in [-0.2, 0) is 10.8 Å². The van der Waals surface area contributed by atoms with Crippen molar-refractivity contribution in [2.24, 2.45) is 17.3 Å². The lowest BCUT2D eigenvalue weighted by atomic mass is 9.53. The predicted molar refractivity (Wildman–Crippen MR) is 206 cm³/mol. The molecule has 0 aromatic heterocycles. The van der Waals surface area contributed by atoms with Crippen molar-refractivity contribution in [1.82, 2.24) is 0 Å². The predicted octanol–water partition coefficient (Wildman–Crippen LogP) is 12.3. The molecule has 4 N–H and O–H groups in total. The van der Waals surface area contributed by atoms with Crippen molar-refractivity contribution in [2.75, 3.05) is 0 Å². The first-order chi connectivity index (χ1) is 23.6. The van der Waals surface area contributed by atoms with Crippen molar-refractivity contribution < 1.29 is 20.4 Å². The Morgan fingerprint density at radius 2 is 0.571 bits per heavy atom. The van der Waals surface area contributed by atoms with E-state index in [0.717, 1.165) is 51.4 Å². The van der Waals surface area contributed by atoms with E-state index in [0.29, 0.717) is 11.8 Å². The van der Waals surface area contributed by atoms with Crippen molar-refractivity contribution in [1.29, 1.82) is 0 Å². The second-order valence-corrected chi connectivity index (χ2v) is 13.7. The van der Waals surface area contributed by atoms with Crippen LogP contribution < -0.4 is 0 Å². The normalized spacial score (nSPS) is 17.2.